The Hall–Kier alpha value is -1.77. The van der Waals surface area contributed by atoms with Crippen molar-refractivity contribution in [2.24, 2.45) is 0 Å². The number of nitrogens with zero attached hydrogens (tertiary/aromatic N) is 1. The lowest BCUT2D eigenvalue weighted by Gasteiger charge is -2.14. The molecule has 0 saturated heterocycles. The largest absolute Gasteiger partial charge is 0.466 e. The first kappa shape index (κ1) is 11.7. The van der Waals surface area contributed by atoms with Crippen LogP contribution in [0.3, 0.4) is 0 Å². The predicted molar refractivity (Wildman–Crippen MR) is 69.2 cm³/mol. The molecule has 0 saturated carbocycles. The highest BCUT2D eigenvalue weighted by atomic mass is 16.3. The molecule has 3 nitrogen and oxygen atoms in total. The summed E-state index contributed by atoms with van der Waals surface area (Å²) in [5.41, 5.74) is 3.31. The molecular weight excluding hydrogens is 212 g/mol. The number of nitrogens with one attached hydrogen (secondary N) is 1. The van der Waals surface area contributed by atoms with E-state index < -0.39 is 0 Å². The Kier molecular flexibility index (Phi) is 3.18. The van der Waals surface area contributed by atoms with E-state index in [0.29, 0.717) is 0 Å². The molecule has 0 aliphatic heterocycles. The first-order chi connectivity index (χ1) is 8.06. The summed E-state index contributed by atoms with van der Waals surface area (Å²) >= 11 is 0. The molecule has 0 aliphatic rings. The van der Waals surface area contributed by atoms with Gasteiger partial charge in [-0.1, -0.05) is 0 Å². The summed E-state index contributed by atoms with van der Waals surface area (Å²) in [6, 6.07) is 6.33. The fraction of sp³-hybridized carbons (Fsp3) is 0.357. The molecule has 1 N–H and O–H groups in total. The first-order valence-corrected chi connectivity index (χ1v) is 5.82. The van der Waals surface area contributed by atoms with Gasteiger partial charge in [0.1, 0.15) is 11.5 Å². The van der Waals surface area contributed by atoms with Crippen LogP contribution in [0.25, 0.3) is 0 Å². The van der Waals surface area contributed by atoms with Gasteiger partial charge < -0.3 is 9.73 Å². The molecule has 0 aliphatic carbocycles. The van der Waals surface area contributed by atoms with Gasteiger partial charge in [-0.05, 0) is 45.9 Å². The number of aryl methyl sites for hydroxylation is 3. The first-order valence-electron chi connectivity index (χ1n) is 5.82. The number of pyridine rings is 1. The van der Waals surface area contributed by atoms with Crippen molar-refractivity contribution in [1.82, 2.24) is 4.98 Å². The molecule has 0 amide bonds. The molecule has 17 heavy (non-hydrogen) atoms. The summed E-state index contributed by atoms with van der Waals surface area (Å²) in [6.45, 7) is 8.09. The number of hydrogen-bond acceptors (Lipinski definition) is 3. The third-order valence-electron chi connectivity index (χ3n) is 2.83. The lowest BCUT2D eigenvalue weighted by molar-refractivity contribution is 0.500. The van der Waals surface area contributed by atoms with Crippen molar-refractivity contribution in [2.75, 3.05) is 5.32 Å². The van der Waals surface area contributed by atoms with Gasteiger partial charge in [0.25, 0.3) is 0 Å². The molecule has 2 rings (SSSR count). The molecule has 2 heterocycles. The lowest BCUT2D eigenvalue weighted by Crippen LogP contribution is -2.07. The van der Waals surface area contributed by atoms with Gasteiger partial charge in [0.05, 0.1) is 6.04 Å². The van der Waals surface area contributed by atoms with Crippen molar-refractivity contribution in [3.8, 4) is 0 Å². The van der Waals surface area contributed by atoms with E-state index >= 15 is 0 Å². The Morgan fingerprint density at radius 2 is 2.00 bits per heavy atom. The fourth-order valence-corrected chi connectivity index (χ4v) is 2.04. The molecule has 1 atom stereocenters. The fourth-order valence-electron chi connectivity index (χ4n) is 2.04. The SMILES string of the molecule is Cc1cc(NC(C)c2cc(C)oc2C)ccn1. The van der Waals surface area contributed by atoms with Gasteiger partial charge >= 0.3 is 0 Å². The van der Waals surface area contributed by atoms with E-state index in [-0.39, 0.29) is 6.04 Å². The number of rotatable bonds is 3. The van der Waals surface area contributed by atoms with Crippen LogP contribution in [0, 0.1) is 20.8 Å². The molecular formula is C14H18N2O. The second-order valence-corrected chi connectivity index (χ2v) is 4.42. The maximum absolute atomic E-state index is 5.54. The average molecular weight is 230 g/mol. The highest BCUT2D eigenvalue weighted by molar-refractivity contribution is 5.45. The number of hydrogen-bond donors (Lipinski definition) is 1. The van der Waals surface area contributed by atoms with Crippen molar-refractivity contribution in [2.45, 2.75) is 33.7 Å². The van der Waals surface area contributed by atoms with Crippen molar-refractivity contribution in [3.63, 3.8) is 0 Å². The number of aromatic nitrogens is 1. The third-order valence-corrected chi connectivity index (χ3v) is 2.83. The van der Waals surface area contributed by atoms with Crippen LogP contribution in [-0.4, -0.2) is 4.98 Å². The molecule has 2 aromatic rings. The van der Waals surface area contributed by atoms with Crippen molar-refractivity contribution < 1.29 is 4.42 Å². The standard InChI is InChI=1S/C14H18N2O/c1-9-7-13(5-6-15-9)16-11(3)14-8-10(2)17-12(14)4/h5-8,11H,1-4H3,(H,15,16). The second kappa shape index (κ2) is 4.62. The van der Waals surface area contributed by atoms with E-state index in [9.17, 15) is 0 Å². The molecule has 90 valence electrons. The molecule has 2 aromatic heterocycles. The van der Waals surface area contributed by atoms with Gasteiger partial charge in [-0.3, -0.25) is 4.98 Å². The molecule has 0 radical (unpaired) electrons. The zero-order chi connectivity index (χ0) is 12.4. The summed E-state index contributed by atoms with van der Waals surface area (Å²) in [7, 11) is 0. The highest BCUT2D eigenvalue weighted by Crippen LogP contribution is 2.24. The van der Waals surface area contributed by atoms with Crippen molar-refractivity contribution >= 4 is 5.69 Å². The highest BCUT2D eigenvalue weighted by Gasteiger charge is 2.12. The topological polar surface area (TPSA) is 38.1 Å². The van der Waals surface area contributed by atoms with E-state index in [1.54, 1.807) is 0 Å². The summed E-state index contributed by atoms with van der Waals surface area (Å²) in [5, 5.41) is 3.45. The maximum Gasteiger partial charge on any atom is 0.106 e. The van der Waals surface area contributed by atoms with Crippen molar-refractivity contribution in [3.05, 3.63) is 47.2 Å². The Bertz CT molecular complexity index is 517. The van der Waals surface area contributed by atoms with E-state index in [0.717, 1.165) is 22.9 Å². The minimum atomic E-state index is 0.231. The van der Waals surface area contributed by atoms with E-state index in [1.807, 2.05) is 39.1 Å². The van der Waals surface area contributed by atoms with Crippen LogP contribution in [0.4, 0.5) is 5.69 Å². The van der Waals surface area contributed by atoms with Gasteiger partial charge in [-0.15, -0.1) is 0 Å². The molecule has 0 bridgehead atoms. The Labute approximate surface area is 102 Å². The van der Waals surface area contributed by atoms with Gasteiger partial charge in [0.2, 0.25) is 0 Å². The van der Waals surface area contributed by atoms with Crippen LogP contribution in [0.15, 0.2) is 28.8 Å². The minimum Gasteiger partial charge on any atom is -0.466 e. The quantitative estimate of drug-likeness (QED) is 0.872. The zero-order valence-electron chi connectivity index (χ0n) is 10.7. The average Bonchev–Trinajstić information content (AvgIpc) is 2.58. The number of anilines is 1. The Morgan fingerprint density at radius 1 is 1.24 bits per heavy atom. The normalized spacial score (nSPS) is 12.5. The molecule has 0 fully saturated rings. The third kappa shape index (κ3) is 2.67. The van der Waals surface area contributed by atoms with Crippen LogP contribution in [0.2, 0.25) is 0 Å². The summed E-state index contributed by atoms with van der Waals surface area (Å²) in [4.78, 5) is 4.18. The minimum absolute atomic E-state index is 0.231. The van der Waals surface area contributed by atoms with Gasteiger partial charge in [0.15, 0.2) is 0 Å². The van der Waals surface area contributed by atoms with Gasteiger partial charge in [-0.25, -0.2) is 0 Å². The molecule has 3 heteroatoms. The van der Waals surface area contributed by atoms with Crippen molar-refractivity contribution in [1.29, 1.82) is 0 Å². The van der Waals surface area contributed by atoms with Crippen LogP contribution in [0.5, 0.6) is 0 Å². The predicted octanol–water partition coefficient (Wildman–Crippen LogP) is 3.77. The van der Waals surface area contributed by atoms with Crippen LogP contribution >= 0.6 is 0 Å². The number of furan rings is 1. The van der Waals surface area contributed by atoms with Gasteiger partial charge in [0, 0.05) is 23.1 Å². The Balaban J connectivity index is 2.16. The summed E-state index contributed by atoms with van der Waals surface area (Å²) in [6.07, 6.45) is 1.82. The Morgan fingerprint density at radius 3 is 2.59 bits per heavy atom. The van der Waals surface area contributed by atoms with Crippen LogP contribution in [0.1, 0.15) is 35.7 Å². The molecule has 0 spiro atoms. The zero-order valence-corrected chi connectivity index (χ0v) is 10.7. The molecule has 1 unspecified atom stereocenters. The lowest BCUT2D eigenvalue weighted by atomic mass is 10.1. The molecule has 0 aromatic carbocycles. The second-order valence-electron chi connectivity index (χ2n) is 4.42. The summed E-state index contributed by atoms with van der Waals surface area (Å²) < 4.78 is 5.54. The summed E-state index contributed by atoms with van der Waals surface area (Å²) in [5.74, 6) is 1.94. The maximum atomic E-state index is 5.54. The smallest absolute Gasteiger partial charge is 0.106 e. The monoisotopic (exact) mass is 230 g/mol. The van der Waals surface area contributed by atoms with Gasteiger partial charge in [-0.2, -0.15) is 0 Å². The van der Waals surface area contributed by atoms with E-state index in [4.69, 9.17) is 4.42 Å². The van der Waals surface area contributed by atoms with Crippen LogP contribution < -0.4 is 5.32 Å². The van der Waals surface area contributed by atoms with E-state index in [1.165, 1.54) is 5.56 Å². The van der Waals surface area contributed by atoms with Crippen LogP contribution in [-0.2, 0) is 0 Å². The van der Waals surface area contributed by atoms with E-state index in [2.05, 4.69) is 23.3 Å².